The molecule has 29 nitrogen and oxygen atoms in total. The van der Waals surface area contributed by atoms with Crippen LogP contribution >= 0.6 is 0 Å². The summed E-state index contributed by atoms with van der Waals surface area (Å²) in [7, 11) is 0. The minimum atomic E-state index is -1.56. The molecule has 1 aliphatic rings. The lowest BCUT2D eigenvalue weighted by atomic mass is 10.0. The summed E-state index contributed by atoms with van der Waals surface area (Å²) in [6.45, 7) is 5.74. The van der Waals surface area contributed by atoms with E-state index in [1.807, 2.05) is 13.8 Å². The van der Waals surface area contributed by atoms with Gasteiger partial charge in [-0.05, 0) is 97.2 Å². The Morgan fingerprint density at radius 3 is 2.03 bits per heavy atom. The van der Waals surface area contributed by atoms with Gasteiger partial charge >= 0.3 is 0 Å². The number of guanidine groups is 1. The molecule has 424 valence electrons. The number of H-pyrrole nitrogens is 1. The molecule has 75 heavy (non-hydrogen) atoms. The third kappa shape index (κ3) is 24.1. The zero-order valence-electron chi connectivity index (χ0n) is 43.6. The molecule has 0 unspecified atom stereocenters. The maximum atomic E-state index is 14.2. The molecular weight excluding hydrogens is 979 g/mol. The number of imidazole rings is 1. The fourth-order valence-electron chi connectivity index (χ4n) is 7.95. The number of hydrogen-bond acceptors (Lipinski definition) is 17. The standard InChI is InChI=1S/C46H85N19O10/c1-26(2)55-18-7-5-12-31(41(71)61-30(38(51)68)14-9-19-56-46(52)53)62-42(72)33(21-28-23-54-25-58-28)63-43(73)34-15-10-20-65(34)45(75)32(13-8-17-48)60-36(67)24-57-39(69)27(3)59-44(74)37(35(66)22-49)64-40(70)29(50)11-4-6-16-47/h23,25-27,29-35,37,55,66H,4-22,24,47-50H2,1-3H3,(H2,51,68)(H,54,58)(H,57,69)(H,59,74)(H,60,67)(H,61,71)(H,62,72)(H,63,73)(H,64,70)(H4,52,53,56)/t27-,29-,30+,31-,32+,33-,34-,35-,37-/m0/s1. The first-order valence-corrected chi connectivity index (χ1v) is 25.6. The van der Waals surface area contributed by atoms with Crippen LogP contribution in [0.5, 0.6) is 0 Å². The van der Waals surface area contributed by atoms with Crippen LogP contribution in [0.25, 0.3) is 0 Å². The molecule has 1 aliphatic heterocycles. The molecule has 0 saturated carbocycles. The average molecular weight is 1060 g/mol. The number of aromatic amines is 1. The summed E-state index contributed by atoms with van der Waals surface area (Å²) in [5.41, 5.74) is 39.7. The van der Waals surface area contributed by atoms with Crippen LogP contribution in [0, 0.1) is 0 Å². The zero-order chi connectivity index (χ0) is 56.0. The Balaban J connectivity index is 2.22. The van der Waals surface area contributed by atoms with E-state index in [-0.39, 0.29) is 76.6 Å². The van der Waals surface area contributed by atoms with E-state index in [1.165, 1.54) is 24.3 Å². The summed E-state index contributed by atoms with van der Waals surface area (Å²) >= 11 is 0. The number of carbonyl (C=O) groups is 9. The number of likely N-dealkylation sites (tertiary alicyclic amines) is 1. The van der Waals surface area contributed by atoms with Crippen LogP contribution in [0.3, 0.4) is 0 Å². The molecule has 0 radical (unpaired) electrons. The highest BCUT2D eigenvalue weighted by atomic mass is 16.3. The van der Waals surface area contributed by atoms with Crippen LogP contribution in [0.4, 0.5) is 0 Å². The number of aromatic nitrogens is 2. The molecule has 1 fully saturated rings. The number of primary amides is 1. The summed E-state index contributed by atoms with van der Waals surface area (Å²) in [5, 5.41) is 31.6. The lowest BCUT2D eigenvalue weighted by molar-refractivity contribution is -0.142. The summed E-state index contributed by atoms with van der Waals surface area (Å²) < 4.78 is 0. The lowest BCUT2D eigenvalue weighted by Gasteiger charge is -2.30. The minimum Gasteiger partial charge on any atom is -0.389 e. The van der Waals surface area contributed by atoms with Crippen LogP contribution in [0.1, 0.15) is 104 Å². The largest absolute Gasteiger partial charge is 0.389 e. The van der Waals surface area contributed by atoms with Crippen molar-refractivity contribution in [3.8, 4) is 0 Å². The van der Waals surface area contributed by atoms with Crippen molar-refractivity contribution in [1.82, 2.24) is 57.4 Å². The van der Waals surface area contributed by atoms with Crippen molar-refractivity contribution in [3.63, 3.8) is 0 Å². The average Bonchev–Trinajstić information content (AvgIpc) is 4.09. The van der Waals surface area contributed by atoms with Crippen molar-refractivity contribution in [2.45, 2.75) is 165 Å². The maximum Gasteiger partial charge on any atom is 0.245 e. The van der Waals surface area contributed by atoms with Gasteiger partial charge in [0.25, 0.3) is 0 Å². The van der Waals surface area contributed by atoms with Gasteiger partial charge in [0.2, 0.25) is 53.2 Å². The van der Waals surface area contributed by atoms with Crippen molar-refractivity contribution in [2.24, 2.45) is 45.1 Å². The van der Waals surface area contributed by atoms with Gasteiger partial charge in [-0.25, -0.2) is 4.98 Å². The number of hydrogen-bond donors (Lipinski definition) is 17. The van der Waals surface area contributed by atoms with Crippen LogP contribution in [-0.2, 0) is 49.6 Å². The SMILES string of the molecule is CC(C)NCCCC[C@H](NC(=O)[C@H](Cc1cnc[nH]1)NC(=O)[C@@H]1CCCN1C(=O)[C@@H](CCCN)NC(=O)CNC(=O)[C@H](C)NC(=O)[C@@H](NC(=O)[C@@H](N)CCCCN)[C@@H](O)CN)C(=O)N[C@H](CCCN=C(N)N)C(N)=O. The van der Waals surface area contributed by atoms with E-state index < -0.39 is 121 Å². The van der Waals surface area contributed by atoms with E-state index in [0.29, 0.717) is 57.3 Å². The number of rotatable bonds is 37. The van der Waals surface area contributed by atoms with Gasteiger partial charge in [-0.1, -0.05) is 20.3 Å². The van der Waals surface area contributed by atoms with Crippen LogP contribution < -0.4 is 82.7 Å². The van der Waals surface area contributed by atoms with Gasteiger partial charge in [0.1, 0.15) is 42.3 Å². The second-order valence-corrected chi connectivity index (χ2v) is 18.8. The molecule has 1 aromatic heterocycles. The normalized spacial score (nSPS) is 16.4. The number of aliphatic hydroxyl groups excluding tert-OH is 1. The molecule has 9 amide bonds. The van der Waals surface area contributed by atoms with Crippen molar-refractivity contribution in [1.29, 1.82) is 0 Å². The van der Waals surface area contributed by atoms with Gasteiger partial charge in [-0.3, -0.25) is 48.1 Å². The lowest BCUT2D eigenvalue weighted by Crippen LogP contribution is -2.60. The maximum absolute atomic E-state index is 14.2. The fraction of sp³-hybridized carbons (Fsp3) is 0.717. The van der Waals surface area contributed by atoms with E-state index in [0.717, 1.165) is 0 Å². The quantitative estimate of drug-likeness (QED) is 0.0167. The van der Waals surface area contributed by atoms with Crippen molar-refractivity contribution in [3.05, 3.63) is 18.2 Å². The Morgan fingerprint density at radius 1 is 0.747 bits per heavy atom. The third-order valence-corrected chi connectivity index (χ3v) is 12.2. The zero-order valence-corrected chi connectivity index (χ0v) is 43.6. The number of nitrogens with zero attached hydrogens (tertiary/aromatic N) is 3. The molecule has 2 rings (SSSR count). The van der Waals surface area contributed by atoms with Gasteiger partial charge in [0.15, 0.2) is 5.96 Å². The van der Waals surface area contributed by atoms with E-state index >= 15 is 0 Å². The molecule has 0 aliphatic carbocycles. The second-order valence-electron chi connectivity index (χ2n) is 18.8. The van der Waals surface area contributed by atoms with Gasteiger partial charge in [0, 0.05) is 44.0 Å². The minimum absolute atomic E-state index is 0.0638. The topological polar surface area (TPSA) is 497 Å². The summed E-state index contributed by atoms with van der Waals surface area (Å²) in [6.07, 6.45) is 5.36. The summed E-state index contributed by atoms with van der Waals surface area (Å²) in [6, 6.07) is -9.46. The Morgan fingerprint density at radius 2 is 1.40 bits per heavy atom. The predicted molar refractivity (Wildman–Crippen MR) is 278 cm³/mol. The van der Waals surface area contributed by atoms with Gasteiger partial charge in [-0.15, -0.1) is 0 Å². The highest BCUT2D eigenvalue weighted by molar-refractivity contribution is 5.98. The van der Waals surface area contributed by atoms with Gasteiger partial charge < -0.3 is 97.7 Å². The fourth-order valence-corrected chi connectivity index (χ4v) is 7.95. The number of amides is 9. The van der Waals surface area contributed by atoms with Crippen molar-refractivity contribution < 1.29 is 48.3 Å². The smallest absolute Gasteiger partial charge is 0.245 e. The van der Waals surface area contributed by atoms with Crippen LogP contribution in [0.15, 0.2) is 17.5 Å². The van der Waals surface area contributed by atoms with E-state index in [4.69, 9.17) is 40.1 Å². The molecule has 24 N–H and O–H groups in total. The Kier molecular flexibility index (Phi) is 30.0. The highest BCUT2D eigenvalue weighted by Crippen LogP contribution is 2.20. The molecule has 1 aromatic rings. The monoisotopic (exact) mass is 1060 g/mol. The molecule has 0 bridgehead atoms. The van der Waals surface area contributed by atoms with E-state index in [9.17, 15) is 48.3 Å². The third-order valence-electron chi connectivity index (χ3n) is 12.2. The Bertz CT molecular complexity index is 2010. The Labute approximate surface area is 437 Å². The molecule has 0 aromatic carbocycles. The first-order chi connectivity index (χ1) is 35.6. The van der Waals surface area contributed by atoms with E-state index in [1.54, 1.807) is 0 Å². The number of unbranched alkanes of at least 4 members (excludes halogenated alkanes) is 2. The first-order valence-electron chi connectivity index (χ1n) is 25.6. The molecule has 2 heterocycles. The van der Waals surface area contributed by atoms with Crippen molar-refractivity contribution in [2.75, 3.05) is 45.8 Å². The molecule has 29 heteroatoms. The number of carbonyl (C=O) groups excluding carboxylic acids is 9. The van der Waals surface area contributed by atoms with Gasteiger partial charge in [-0.2, -0.15) is 0 Å². The number of aliphatic imine (C=N–C) groups is 1. The Hall–Kier alpha value is -6.53. The van der Waals surface area contributed by atoms with E-state index in [2.05, 4.69) is 57.5 Å². The molecule has 9 atom stereocenters. The second kappa shape index (κ2) is 34.9. The highest BCUT2D eigenvalue weighted by Gasteiger charge is 2.40. The summed E-state index contributed by atoms with van der Waals surface area (Å²) in [5.74, 6) is -6.94. The number of nitrogens with one attached hydrogen (secondary N) is 9. The van der Waals surface area contributed by atoms with Crippen LogP contribution in [0.2, 0.25) is 0 Å². The number of aliphatic hydroxyl groups is 1. The van der Waals surface area contributed by atoms with Crippen LogP contribution in [-0.4, -0.2) is 185 Å². The summed E-state index contributed by atoms with van der Waals surface area (Å²) in [4.78, 5) is 133. The predicted octanol–water partition coefficient (Wildman–Crippen LogP) is -6.79. The van der Waals surface area contributed by atoms with Crippen molar-refractivity contribution >= 4 is 59.1 Å². The number of nitrogens with two attached hydrogens (primary N) is 7. The molecular formula is C46H85N19O10. The molecule has 0 spiro atoms. The molecule has 1 saturated heterocycles. The first kappa shape index (κ1) is 64.6. The van der Waals surface area contributed by atoms with Gasteiger partial charge in [0.05, 0.1) is 25.0 Å².